The summed E-state index contributed by atoms with van der Waals surface area (Å²) in [6.07, 6.45) is 0. The highest BCUT2D eigenvalue weighted by Gasteiger charge is 2.09. The first-order chi connectivity index (χ1) is 11.7. The van der Waals surface area contributed by atoms with Crippen molar-refractivity contribution < 1.29 is 9.21 Å². The van der Waals surface area contributed by atoms with Crippen LogP contribution in [0.25, 0.3) is 11.1 Å². The minimum atomic E-state index is -0.0243. The summed E-state index contributed by atoms with van der Waals surface area (Å²) in [6, 6.07) is 17.7. The molecule has 0 saturated carbocycles. The first-order valence-electron chi connectivity index (χ1n) is 7.73. The Morgan fingerprint density at radius 3 is 2.71 bits per heavy atom. The third kappa shape index (κ3) is 4.29. The quantitative estimate of drug-likeness (QED) is 0.669. The van der Waals surface area contributed by atoms with E-state index >= 15 is 0 Å². The summed E-state index contributed by atoms with van der Waals surface area (Å²) in [5.41, 5.74) is 2.68. The van der Waals surface area contributed by atoms with E-state index in [9.17, 15) is 4.79 Å². The Hall–Kier alpha value is -2.47. The number of benzene rings is 2. The molecule has 1 aromatic heterocycles. The zero-order chi connectivity index (χ0) is 16.8. The lowest BCUT2D eigenvalue weighted by Gasteiger charge is -2.19. The van der Waals surface area contributed by atoms with Crippen molar-refractivity contribution in [3.63, 3.8) is 0 Å². The van der Waals surface area contributed by atoms with Gasteiger partial charge in [-0.25, -0.2) is 4.98 Å². The summed E-state index contributed by atoms with van der Waals surface area (Å²) in [4.78, 5) is 18.4. The number of anilines is 1. The number of carbonyl (C=O) groups excluding carboxylic acids is 1. The number of aromatic nitrogens is 1. The van der Waals surface area contributed by atoms with Gasteiger partial charge in [0, 0.05) is 25.8 Å². The van der Waals surface area contributed by atoms with Crippen molar-refractivity contribution in [2.45, 2.75) is 5.22 Å². The number of para-hydroxylation sites is 3. The molecule has 1 N–H and O–H groups in total. The molecule has 3 aromatic rings. The van der Waals surface area contributed by atoms with Crippen molar-refractivity contribution in [3.05, 3.63) is 54.6 Å². The van der Waals surface area contributed by atoms with E-state index in [2.05, 4.69) is 15.2 Å². The fraction of sp³-hybridized carbons (Fsp3) is 0.222. The Kier molecular flexibility index (Phi) is 5.38. The van der Waals surface area contributed by atoms with Gasteiger partial charge in [0.1, 0.15) is 5.52 Å². The molecule has 0 bridgehead atoms. The van der Waals surface area contributed by atoms with Crippen LogP contribution < -0.4 is 10.2 Å². The Bertz CT molecular complexity index is 771. The van der Waals surface area contributed by atoms with Crippen LogP contribution in [0.3, 0.4) is 0 Å². The van der Waals surface area contributed by atoms with Crippen LogP contribution >= 0.6 is 11.8 Å². The van der Waals surface area contributed by atoms with Gasteiger partial charge >= 0.3 is 0 Å². The van der Waals surface area contributed by atoms with E-state index in [0.717, 1.165) is 23.3 Å². The number of likely N-dealkylation sites (N-methyl/N-ethyl adjacent to an activating group) is 1. The summed E-state index contributed by atoms with van der Waals surface area (Å²) in [6.45, 7) is 1.35. The number of carbonyl (C=O) groups is 1. The lowest BCUT2D eigenvalue weighted by atomic mass is 10.3. The molecule has 124 valence electrons. The Morgan fingerprint density at radius 1 is 1.17 bits per heavy atom. The molecule has 6 heteroatoms. The highest BCUT2D eigenvalue weighted by molar-refractivity contribution is 7.99. The lowest BCUT2D eigenvalue weighted by molar-refractivity contribution is -0.118. The Labute approximate surface area is 145 Å². The third-order valence-electron chi connectivity index (χ3n) is 3.57. The molecule has 2 aromatic carbocycles. The zero-order valence-electron chi connectivity index (χ0n) is 13.4. The first kappa shape index (κ1) is 16.4. The number of hydrogen-bond acceptors (Lipinski definition) is 5. The predicted molar refractivity (Wildman–Crippen MR) is 97.5 cm³/mol. The molecule has 0 aliphatic rings. The van der Waals surface area contributed by atoms with Crippen molar-refractivity contribution in [2.75, 3.05) is 30.8 Å². The summed E-state index contributed by atoms with van der Waals surface area (Å²) >= 11 is 1.31. The molecule has 5 nitrogen and oxygen atoms in total. The van der Waals surface area contributed by atoms with Gasteiger partial charge in [-0.15, -0.1) is 0 Å². The van der Waals surface area contributed by atoms with Crippen LogP contribution in [0, 0.1) is 0 Å². The molecule has 0 fully saturated rings. The smallest absolute Gasteiger partial charge is 0.257 e. The van der Waals surface area contributed by atoms with E-state index in [0.29, 0.717) is 17.5 Å². The fourth-order valence-electron chi connectivity index (χ4n) is 2.27. The van der Waals surface area contributed by atoms with Gasteiger partial charge in [-0.3, -0.25) is 4.79 Å². The van der Waals surface area contributed by atoms with Crippen LogP contribution in [0.15, 0.2) is 64.2 Å². The molecule has 0 aliphatic heterocycles. The molecule has 0 aliphatic carbocycles. The second-order valence-corrected chi connectivity index (χ2v) is 6.27. The number of oxazole rings is 1. The molecule has 0 radical (unpaired) electrons. The maximum atomic E-state index is 11.9. The van der Waals surface area contributed by atoms with Crippen LogP contribution in [0.1, 0.15) is 0 Å². The molecule has 0 unspecified atom stereocenters. The molecule has 0 spiro atoms. The van der Waals surface area contributed by atoms with Crippen LogP contribution in [-0.4, -0.2) is 36.8 Å². The maximum absolute atomic E-state index is 11.9. The van der Waals surface area contributed by atoms with Gasteiger partial charge in [-0.2, -0.15) is 0 Å². The van der Waals surface area contributed by atoms with Crippen LogP contribution in [0.2, 0.25) is 0 Å². The first-order valence-corrected chi connectivity index (χ1v) is 8.72. The van der Waals surface area contributed by atoms with Crippen molar-refractivity contribution in [3.8, 4) is 0 Å². The number of nitrogens with one attached hydrogen (secondary N) is 1. The van der Waals surface area contributed by atoms with E-state index in [-0.39, 0.29) is 5.91 Å². The number of hydrogen-bond donors (Lipinski definition) is 1. The summed E-state index contributed by atoms with van der Waals surface area (Å²) < 4.78 is 5.58. The molecule has 1 amide bonds. The van der Waals surface area contributed by atoms with Gasteiger partial charge < -0.3 is 14.6 Å². The van der Waals surface area contributed by atoms with E-state index in [1.54, 1.807) is 0 Å². The standard InChI is InChI=1S/C18H19N3O2S/c1-21(14-7-3-2-4-8-14)12-11-19-17(22)13-24-18-20-15-9-5-6-10-16(15)23-18/h2-10H,11-13H2,1H3,(H,19,22). The molecule has 24 heavy (non-hydrogen) atoms. The van der Waals surface area contributed by atoms with Gasteiger partial charge in [-0.1, -0.05) is 42.1 Å². The Balaban J connectivity index is 1.41. The number of rotatable bonds is 7. The summed E-state index contributed by atoms with van der Waals surface area (Å²) in [5, 5.41) is 3.44. The van der Waals surface area contributed by atoms with E-state index in [1.165, 1.54) is 11.8 Å². The van der Waals surface area contributed by atoms with Crippen molar-refractivity contribution in [2.24, 2.45) is 0 Å². The average molecular weight is 341 g/mol. The molecule has 0 saturated heterocycles. The van der Waals surface area contributed by atoms with Crippen molar-refractivity contribution >= 4 is 34.5 Å². The lowest BCUT2D eigenvalue weighted by Crippen LogP contribution is -2.33. The minimum absolute atomic E-state index is 0.0243. The van der Waals surface area contributed by atoms with Crippen molar-refractivity contribution in [1.29, 1.82) is 0 Å². The summed E-state index contributed by atoms with van der Waals surface area (Å²) in [5.74, 6) is 0.269. The number of thioether (sulfide) groups is 1. The number of fused-ring (bicyclic) bond motifs is 1. The van der Waals surface area contributed by atoms with Gasteiger partial charge in [-0.05, 0) is 24.3 Å². The second kappa shape index (κ2) is 7.88. The highest BCUT2D eigenvalue weighted by atomic mass is 32.2. The molecule has 3 rings (SSSR count). The maximum Gasteiger partial charge on any atom is 0.257 e. The predicted octanol–water partition coefficient (Wildman–Crippen LogP) is 3.17. The van der Waals surface area contributed by atoms with Gasteiger partial charge in [0.25, 0.3) is 5.22 Å². The van der Waals surface area contributed by atoms with E-state index < -0.39 is 0 Å². The second-order valence-electron chi connectivity index (χ2n) is 5.34. The molecular formula is C18H19N3O2S. The molecule has 1 heterocycles. The highest BCUT2D eigenvalue weighted by Crippen LogP contribution is 2.22. The number of amides is 1. The normalized spacial score (nSPS) is 10.7. The van der Waals surface area contributed by atoms with Gasteiger partial charge in [0.2, 0.25) is 5.91 Å². The SMILES string of the molecule is CN(CCNC(=O)CSc1nc2ccccc2o1)c1ccccc1. The largest absolute Gasteiger partial charge is 0.431 e. The van der Waals surface area contributed by atoms with Crippen LogP contribution in [0.4, 0.5) is 5.69 Å². The molecule has 0 atom stereocenters. The topological polar surface area (TPSA) is 58.4 Å². The van der Waals surface area contributed by atoms with E-state index in [1.807, 2.05) is 61.6 Å². The van der Waals surface area contributed by atoms with Crippen molar-refractivity contribution in [1.82, 2.24) is 10.3 Å². The van der Waals surface area contributed by atoms with Crippen LogP contribution in [0.5, 0.6) is 0 Å². The number of nitrogens with zero attached hydrogens (tertiary/aromatic N) is 2. The Morgan fingerprint density at radius 2 is 1.92 bits per heavy atom. The molecular weight excluding hydrogens is 322 g/mol. The van der Waals surface area contributed by atoms with E-state index in [4.69, 9.17) is 4.42 Å². The minimum Gasteiger partial charge on any atom is -0.431 e. The fourth-order valence-corrected chi connectivity index (χ4v) is 2.93. The van der Waals surface area contributed by atoms with Gasteiger partial charge in [0.15, 0.2) is 5.58 Å². The third-order valence-corrected chi connectivity index (χ3v) is 4.40. The van der Waals surface area contributed by atoms with Crippen LogP contribution in [-0.2, 0) is 4.79 Å². The average Bonchev–Trinajstić information content (AvgIpc) is 3.03. The zero-order valence-corrected chi connectivity index (χ0v) is 14.3. The van der Waals surface area contributed by atoms with Gasteiger partial charge in [0.05, 0.1) is 5.75 Å². The summed E-state index contributed by atoms with van der Waals surface area (Å²) in [7, 11) is 2.01. The monoisotopic (exact) mass is 341 g/mol.